The quantitative estimate of drug-likeness (QED) is 0.525. The molecule has 6 nitrogen and oxygen atoms in total. The summed E-state index contributed by atoms with van der Waals surface area (Å²) in [6.07, 6.45) is 0.0679. The van der Waals surface area contributed by atoms with Crippen LogP contribution in [-0.4, -0.2) is 47.5 Å². The minimum absolute atomic E-state index is 0.0101. The smallest absolute Gasteiger partial charge is 0.422 e. The van der Waals surface area contributed by atoms with Gasteiger partial charge in [0.05, 0.1) is 6.20 Å². The summed E-state index contributed by atoms with van der Waals surface area (Å²) in [7, 11) is 0. The maximum Gasteiger partial charge on any atom is 0.422 e. The maximum absolute atomic E-state index is 12.2. The lowest BCUT2D eigenvalue weighted by Gasteiger charge is -2.31. The average molecular weight is 464 g/mol. The van der Waals surface area contributed by atoms with E-state index in [-0.39, 0.29) is 17.7 Å². The van der Waals surface area contributed by atoms with Crippen molar-refractivity contribution in [1.29, 1.82) is 0 Å². The van der Waals surface area contributed by atoms with Gasteiger partial charge < -0.3 is 19.1 Å². The molecule has 2 aromatic rings. The Kier molecular flexibility index (Phi) is 7.50. The van der Waals surface area contributed by atoms with Gasteiger partial charge in [-0.15, -0.1) is 0 Å². The molecule has 1 aliphatic heterocycles. The van der Waals surface area contributed by atoms with Gasteiger partial charge in [0, 0.05) is 19.2 Å². The Hall–Kier alpha value is -3.23. The predicted octanol–water partition coefficient (Wildman–Crippen LogP) is 6.23. The molecule has 1 aromatic carbocycles. The number of hydrogen-bond acceptors (Lipinski definition) is 5. The Morgan fingerprint density at radius 1 is 1.09 bits per heavy atom. The molecule has 3 rings (SSSR count). The van der Waals surface area contributed by atoms with Crippen LogP contribution in [0.4, 0.5) is 18.0 Å². The topological polar surface area (TPSA) is 60.9 Å². The minimum Gasteiger partial charge on any atom is -0.483 e. The van der Waals surface area contributed by atoms with Gasteiger partial charge in [-0.2, -0.15) is 13.2 Å². The maximum atomic E-state index is 12.2. The average Bonchev–Trinajstić information content (AvgIpc) is 2.72. The first kappa shape index (κ1) is 24.4. The molecule has 2 heterocycles. The number of rotatable bonds is 5. The second-order valence-electron chi connectivity index (χ2n) is 8.68. The van der Waals surface area contributed by atoms with Gasteiger partial charge in [-0.25, -0.2) is 9.78 Å². The number of nitrogens with zero attached hydrogens (tertiary/aromatic N) is 2. The Bertz CT molecular complexity index is 972. The van der Waals surface area contributed by atoms with Gasteiger partial charge in [-0.05, 0) is 57.4 Å². The van der Waals surface area contributed by atoms with Crippen molar-refractivity contribution in [2.75, 3.05) is 19.7 Å². The first-order chi connectivity index (χ1) is 15.5. The van der Waals surface area contributed by atoms with Crippen molar-refractivity contribution in [3.8, 4) is 17.4 Å². The summed E-state index contributed by atoms with van der Waals surface area (Å²) in [6.45, 7) is 5.37. The number of pyridine rings is 1. The van der Waals surface area contributed by atoms with Crippen LogP contribution in [0.25, 0.3) is 6.08 Å². The lowest BCUT2D eigenvalue weighted by Crippen LogP contribution is -2.40. The van der Waals surface area contributed by atoms with Crippen LogP contribution >= 0.6 is 0 Å². The van der Waals surface area contributed by atoms with Gasteiger partial charge in [0.15, 0.2) is 6.61 Å². The number of aromatic nitrogens is 1. The van der Waals surface area contributed by atoms with Crippen LogP contribution in [0, 0.1) is 0 Å². The van der Waals surface area contributed by atoms with E-state index in [9.17, 15) is 18.0 Å². The third-order valence-electron chi connectivity index (χ3n) is 4.62. The van der Waals surface area contributed by atoms with E-state index in [0.29, 0.717) is 18.8 Å². The zero-order chi connectivity index (χ0) is 24.1. The molecule has 0 spiro atoms. The van der Waals surface area contributed by atoms with Crippen LogP contribution in [-0.2, 0) is 4.74 Å². The fraction of sp³-hybridized carbons (Fsp3) is 0.417. The number of halogens is 3. The summed E-state index contributed by atoms with van der Waals surface area (Å²) in [5, 5.41) is 0. The van der Waals surface area contributed by atoms with Gasteiger partial charge in [0.1, 0.15) is 17.1 Å². The normalized spacial score (nSPS) is 14.6. The van der Waals surface area contributed by atoms with E-state index in [2.05, 4.69) is 15.8 Å². The molecule has 33 heavy (non-hydrogen) atoms. The molecule has 9 heteroatoms. The summed E-state index contributed by atoms with van der Waals surface area (Å²) in [4.78, 5) is 17.9. The van der Waals surface area contributed by atoms with Gasteiger partial charge >= 0.3 is 12.3 Å². The van der Waals surface area contributed by atoms with Crippen molar-refractivity contribution in [1.82, 2.24) is 9.88 Å². The molecule has 178 valence electrons. The molecule has 1 amide bonds. The van der Waals surface area contributed by atoms with Gasteiger partial charge in [-0.3, -0.25) is 0 Å². The number of carbonyl (C=O) groups excluding carboxylic acids is 1. The Morgan fingerprint density at radius 3 is 2.42 bits per heavy atom. The highest BCUT2D eigenvalue weighted by Crippen LogP contribution is 2.26. The highest BCUT2D eigenvalue weighted by molar-refractivity contribution is 5.68. The van der Waals surface area contributed by atoms with Gasteiger partial charge in [0.2, 0.25) is 5.88 Å². The molecule has 1 aliphatic rings. The Morgan fingerprint density at radius 2 is 1.82 bits per heavy atom. The second kappa shape index (κ2) is 10.1. The molecule has 0 saturated carbocycles. The number of ether oxygens (including phenoxy) is 3. The van der Waals surface area contributed by atoms with Crippen molar-refractivity contribution in [3.05, 3.63) is 53.7 Å². The molecule has 0 radical (unpaired) electrons. The molecule has 1 saturated heterocycles. The van der Waals surface area contributed by atoms with Gasteiger partial charge in [0.25, 0.3) is 0 Å². The highest BCUT2D eigenvalue weighted by atomic mass is 19.4. The van der Waals surface area contributed by atoms with Crippen LogP contribution in [0.1, 0.15) is 39.2 Å². The van der Waals surface area contributed by atoms with Gasteiger partial charge in [-0.1, -0.05) is 23.8 Å². The van der Waals surface area contributed by atoms with Crippen LogP contribution in [0.5, 0.6) is 17.4 Å². The molecule has 0 aliphatic carbocycles. The van der Waals surface area contributed by atoms with Crippen molar-refractivity contribution in [3.63, 3.8) is 0 Å². The summed E-state index contributed by atoms with van der Waals surface area (Å²) in [5.74, 6) is 0.799. The number of piperidine rings is 1. The molecular weight excluding hydrogens is 437 g/mol. The van der Waals surface area contributed by atoms with E-state index < -0.39 is 18.4 Å². The van der Waals surface area contributed by atoms with E-state index in [1.807, 2.05) is 39.0 Å². The molecule has 0 atom stereocenters. The third kappa shape index (κ3) is 8.32. The van der Waals surface area contributed by atoms with Crippen LogP contribution in [0.2, 0.25) is 0 Å². The zero-order valence-electron chi connectivity index (χ0n) is 18.8. The largest absolute Gasteiger partial charge is 0.483 e. The van der Waals surface area contributed by atoms with E-state index in [4.69, 9.17) is 9.47 Å². The number of likely N-dealkylation sites (tertiary alicyclic amines) is 1. The Balaban J connectivity index is 1.56. The Labute approximate surface area is 191 Å². The number of amides is 1. The van der Waals surface area contributed by atoms with Crippen LogP contribution in [0.3, 0.4) is 0 Å². The summed E-state index contributed by atoms with van der Waals surface area (Å²) >= 11 is 0. The monoisotopic (exact) mass is 464 g/mol. The third-order valence-corrected chi connectivity index (χ3v) is 4.62. The number of carbonyl (C=O) groups is 1. The lowest BCUT2D eigenvalue weighted by molar-refractivity contribution is -0.153. The summed E-state index contributed by atoms with van der Waals surface area (Å²) < 4.78 is 52.5. The van der Waals surface area contributed by atoms with E-state index >= 15 is 0 Å². The molecule has 1 fully saturated rings. The predicted molar refractivity (Wildman–Crippen MR) is 117 cm³/mol. The molecule has 0 unspecified atom stereocenters. The number of benzene rings is 1. The molecular formula is C24H27F3N2O4. The van der Waals surface area contributed by atoms with Crippen LogP contribution < -0.4 is 9.47 Å². The van der Waals surface area contributed by atoms with Crippen molar-refractivity contribution < 1.29 is 32.2 Å². The summed E-state index contributed by atoms with van der Waals surface area (Å²) in [6, 6.07) is 10.2. The fourth-order valence-corrected chi connectivity index (χ4v) is 3.15. The second-order valence-corrected chi connectivity index (χ2v) is 8.68. The zero-order valence-corrected chi connectivity index (χ0v) is 18.8. The molecule has 0 N–H and O–H groups in total. The summed E-state index contributed by atoms with van der Waals surface area (Å²) in [5.41, 5.74) is 1.65. The minimum atomic E-state index is -4.41. The van der Waals surface area contributed by atoms with E-state index in [1.54, 1.807) is 11.0 Å². The fourth-order valence-electron chi connectivity index (χ4n) is 3.15. The lowest BCUT2D eigenvalue weighted by atomic mass is 10.0. The van der Waals surface area contributed by atoms with Crippen LogP contribution in [0.15, 0.2) is 48.2 Å². The first-order valence-corrected chi connectivity index (χ1v) is 10.6. The number of alkyl halides is 3. The highest BCUT2D eigenvalue weighted by Gasteiger charge is 2.28. The molecule has 1 aromatic heterocycles. The molecule has 0 bridgehead atoms. The first-order valence-electron chi connectivity index (χ1n) is 10.6. The van der Waals surface area contributed by atoms with E-state index in [1.165, 1.54) is 23.9 Å². The number of hydrogen-bond donors (Lipinski definition) is 0. The van der Waals surface area contributed by atoms with Crippen molar-refractivity contribution in [2.45, 2.75) is 45.4 Å². The SMILES string of the molecule is CC(C)(C)OC(=O)N1CCC(=Cc2cccc(Oc3ccc(OCC(F)(F)F)cn3)c2)CC1. The van der Waals surface area contributed by atoms with Crippen molar-refractivity contribution >= 4 is 12.2 Å². The van der Waals surface area contributed by atoms with Crippen molar-refractivity contribution in [2.24, 2.45) is 0 Å². The van der Waals surface area contributed by atoms with E-state index in [0.717, 1.165) is 18.4 Å². The standard InChI is InChI=1S/C24H27F3N2O4/c1-23(2,3)33-22(30)29-11-9-17(10-12-29)13-18-5-4-6-19(14-18)32-21-8-7-20(15-28-21)31-16-24(25,26)27/h4-8,13-15H,9-12,16H2,1-3H3.